The molecule has 1 aliphatic heterocycles. The van der Waals surface area contributed by atoms with Crippen LogP contribution >= 0.6 is 24.0 Å². The summed E-state index contributed by atoms with van der Waals surface area (Å²) in [5.41, 5.74) is 2.69. The number of nitrogens with zero attached hydrogens (tertiary/aromatic N) is 4. The monoisotopic (exact) mass is 549 g/mol. The maximum absolute atomic E-state index is 12.6. The third-order valence-electron chi connectivity index (χ3n) is 4.82. The van der Waals surface area contributed by atoms with Crippen LogP contribution < -0.4 is 5.32 Å². The van der Waals surface area contributed by atoms with Crippen molar-refractivity contribution in [3.63, 3.8) is 0 Å². The number of piperazine rings is 1. The van der Waals surface area contributed by atoms with Crippen molar-refractivity contribution < 1.29 is 17.7 Å². The number of hydrogen-bond donors (Lipinski definition) is 1. The number of methoxy groups -OCH3 is 1. The van der Waals surface area contributed by atoms with Crippen molar-refractivity contribution in [2.45, 2.75) is 18.9 Å². The van der Waals surface area contributed by atoms with Crippen LogP contribution in [0.25, 0.3) is 0 Å². The molecule has 30 heavy (non-hydrogen) atoms. The highest BCUT2D eigenvalue weighted by molar-refractivity contribution is 14.0. The highest BCUT2D eigenvalue weighted by atomic mass is 127. The number of halogens is 1. The van der Waals surface area contributed by atoms with Crippen LogP contribution in [-0.2, 0) is 33.7 Å². The van der Waals surface area contributed by atoms with E-state index in [2.05, 4.69) is 26.4 Å². The van der Waals surface area contributed by atoms with Crippen molar-refractivity contribution in [1.82, 2.24) is 19.7 Å². The predicted octanol–water partition coefficient (Wildman–Crippen LogP) is 1.66. The summed E-state index contributed by atoms with van der Waals surface area (Å²) in [6.07, 6.45) is 1.38. The summed E-state index contributed by atoms with van der Waals surface area (Å²) in [5.74, 6) is 0.609. The maximum atomic E-state index is 12.6. The lowest BCUT2D eigenvalue weighted by atomic mass is 10.1. The van der Waals surface area contributed by atoms with Crippen molar-refractivity contribution in [2.75, 3.05) is 40.3 Å². The molecule has 0 unspecified atom stereocenters. The Kier molecular flexibility index (Phi) is 9.52. The van der Waals surface area contributed by atoms with E-state index in [9.17, 15) is 8.42 Å². The van der Waals surface area contributed by atoms with Gasteiger partial charge in [0.25, 0.3) is 0 Å². The molecule has 0 atom stereocenters. The Morgan fingerprint density at radius 1 is 1.20 bits per heavy atom. The topological polar surface area (TPSA) is 100 Å². The first-order chi connectivity index (χ1) is 14.0. The molecular weight excluding hydrogens is 521 g/mol. The molecule has 0 radical (unpaired) electrons. The Bertz CT molecular complexity index is 913. The lowest BCUT2D eigenvalue weighted by molar-refractivity contribution is 0.184. The minimum absolute atomic E-state index is 0. The molecule has 1 aromatic carbocycles. The van der Waals surface area contributed by atoms with E-state index >= 15 is 0 Å². The first-order valence-corrected chi connectivity index (χ1v) is 11.0. The van der Waals surface area contributed by atoms with E-state index in [1.54, 1.807) is 20.2 Å². The number of rotatable bonds is 7. The van der Waals surface area contributed by atoms with E-state index in [1.807, 2.05) is 18.2 Å². The first kappa shape index (κ1) is 24.6. The molecule has 2 aromatic rings. The van der Waals surface area contributed by atoms with Crippen LogP contribution in [0.15, 0.2) is 46.1 Å². The van der Waals surface area contributed by atoms with Gasteiger partial charge in [-0.05, 0) is 11.1 Å². The van der Waals surface area contributed by atoms with E-state index in [1.165, 1.54) is 10.6 Å². The first-order valence-electron chi connectivity index (χ1n) is 9.42. The molecule has 1 aromatic heterocycles. The van der Waals surface area contributed by atoms with Crippen molar-refractivity contribution in [3.05, 3.63) is 53.4 Å². The number of sulfonamides is 1. The Morgan fingerprint density at radius 3 is 2.50 bits per heavy atom. The Labute approximate surface area is 194 Å². The van der Waals surface area contributed by atoms with Crippen LogP contribution in [-0.4, -0.2) is 69.1 Å². The predicted molar refractivity (Wildman–Crippen MR) is 125 cm³/mol. The van der Waals surface area contributed by atoms with Crippen LogP contribution in [0.4, 0.5) is 0 Å². The van der Waals surface area contributed by atoms with Gasteiger partial charge in [-0.3, -0.25) is 4.99 Å². The van der Waals surface area contributed by atoms with Gasteiger partial charge in [-0.25, -0.2) is 8.42 Å². The Morgan fingerprint density at radius 2 is 1.90 bits per heavy atom. The molecule has 0 bridgehead atoms. The van der Waals surface area contributed by atoms with E-state index in [0.29, 0.717) is 45.0 Å². The van der Waals surface area contributed by atoms with Gasteiger partial charge >= 0.3 is 0 Å². The third kappa shape index (κ3) is 6.40. The van der Waals surface area contributed by atoms with Crippen LogP contribution in [0, 0.1) is 0 Å². The molecular formula is C19H28IN5O4S. The molecule has 1 fully saturated rings. The molecule has 2 heterocycles. The minimum Gasteiger partial charge on any atom is -0.380 e. The van der Waals surface area contributed by atoms with Crippen LogP contribution in [0.2, 0.25) is 0 Å². The van der Waals surface area contributed by atoms with Gasteiger partial charge in [-0.15, -0.1) is 24.0 Å². The average Bonchev–Trinajstić information content (AvgIpc) is 3.22. The second-order valence-electron chi connectivity index (χ2n) is 6.74. The molecule has 1 N–H and O–H groups in total. The number of aliphatic imine (C=N–C) groups is 1. The molecule has 1 saturated heterocycles. The molecule has 9 nitrogen and oxygen atoms in total. The van der Waals surface area contributed by atoms with Gasteiger partial charge < -0.3 is 19.5 Å². The lowest BCUT2D eigenvalue weighted by Gasteiger charge is -2.35. The standard InChI is InChI=1S/C19H27N5O4S.HI/c1-20-19(21-13-16-5-3-4-6-17(16)14-27-2)23-8-10-24(11-9-23)29(25,26)15-18-7-12-28-22-18;/h3-7,12H,8-11,13-15H2,1-2H3,(H,20,21);1H. The number of ether oxygens (including phenoxy) is 1. The zero-order valence-electron chi connectivity index (χ0n) is 17.2. The number of guanidine groups is 1. The summed E-state index contributed by atoms with van der Waals surface area (Å²) in [7, 11) is -0.00628. The van der Waals surface area contributed by atoms with Crippen LogP contribution in [0.1, 0.15) is 16.8 Å². The second-order valence-corrected chi connectivity index (χ2v) is 8.70. The molecule has 0 amide bonds. The quantitative estimate of drug-likeness (QED) is 0.319. The molecule has 3 rings (SSSR count). The largest absolute Gasteiger partial charge is 0.380 e. The van der Waals surface area contributed by atoms with Crippen molar-refractivity contribution >= 4 is 40.0 Å². The number of benzene rings is 1. The fourth-order valence-electron chi connectivity index (χ4n) is 3.30. The van der Waals surface area contributed by atoms with Gasteiger partial charge in [0, 0.05) is 52.9 Å². The van der Waals surface area contributed by atoms with Gasteiger partial charge in [0.15, 0.2) is 5.96 Å². The van der Waals surface area contributed by atoms with Gasteiger partial charge in [0.2, 0.25) is 10.0 Å². The third-order valence-corrected chi connectivity index (χ3v) is 6.63. The lowest BCUT2D eigenvalue weighted by Crippen LogP contribution is -2.53. The zero-order valence-corrected chi connectivity index (χ0v) is 20.3. The van der Waals surface area contributed by atoms with E-state index in [0.717, 1.165) is 17.1 Å². The van der Waals surface area contributed by atoms with Gasteiger partial charge in [0.05, 0.1) is 12.3 Å². The molecule has 166 valence electrons. The molecule has 0 saturated carbocycles. The van der Waals surface area contributed by atoms with Crippen molar-refractivity contribution in [2.24, 2.45) is 4.99 Å². The van der Waals surface area contributed by atoms with Gasteiger partial charge in [-0.1, -0.05) is 29.4 Å². The summed E-state index contributed by atoms with van der Waals surface area (Å²) in [6, 6.07) is 9.66. The summed E-state index contributed by atoms with van der Waals surface area (Å²) >= 11 is 0. The SMILES string of the molecule is CN=C(NCc1ccccc1COC)N1CCN(S(=O)(=O)Cc2ccon2)CC1.I. The van der Waals surface area contributed by atoms with Crippen LogP contribution in [0.3, 0.4) is 0 Å². The molecule has 0 spiro atoms. The van der Waals surface area contributed by atoms with Crippen LogP contribution in [0.5, 0.6) is 0 Å². The number of aromatic nitrogens is 1. The van der Waals surface area contributed by atoms with Crippen molar-refractivity contribution in [3.8, 4) is 0 Å². The molecule has 0 aliphatic carbocycles. The fraction of sp³-hybridized carbons (Fsp3) is 0.474. The fourth-order valence-corrected chi connectivity index (χ4v) is 4.73. The van der Waals surface area contributed by atoms with Gasteiger partial charge in [-0.2, -0.15) is 4.31 Å². The maximum Gasteiger partial charge on any atom is 0.220 e. The van der Waals surface area contributed by atoms with Crippen molar-refractivity contribution in [1.29, 1.82) is 0 Å². The summed E-state index contributed by atoms with van der Waals surface area (Å²) in [4.78, 5) is 6.43. The van der Waals surface area contributed by atoms with E-state index in [4.69, 9.17) is 9.26 Å². The second kappa shape index (κ2) is 11.6. The summed E-state index contributed by atoms with van der Waals surface area (Å²) in [6.45, 7) is 3.12. The average molecular weight is 549 g/mol. The van der Waals surface area contributed by atoms with E-state index < -0.39 is 10.0 Å². The molecule has 1 aliphatic rings. The Hall–Kier alpha value is -1.70. The summed E-state index contributed by atoms with van der Waals surface area (Å²) < 4.78 is 36.6. The smallest absolute Gasteiger partial charge is 0.220 e. The zero-order chi connectivity index (χ0) is 20.7. The summed E-state index contributed by atoms with van der Waals surface area (Å²) in [5, 5.41) is 7.07. The Balaban J connectivity index is 0.00000320. The molecule has 11 heteroatoms. The number of nitrogens with one attached hydrogen (secondary N) is 1. The normalized spacial score (nSPS) is 15.7. The van der Waals surface area contributed by atoms with Gasteiger partial charge in [0.1, 0.15) is 12.0 Å². The highest BCUT2D eigenvalue weighted by Gasteiger charge is 2.29. The van der Waals surface area contributed by atoms with E-state index in [-0.39, 0.29) is 29.7 Å². The highest BCUT2D eigenvalue weighted by Crippen LogP contribution is 2.14. The minimum atomic E-state index is -3.42. The number of hydrogen-bond acceptors (Lipinski definition) is 6.